The van der Waals surface area contributed by atoms with Crippen molar-refractivity contribution in [2.45, 2.75) is 97.5 Å². The molecular weight excluding hydrogens is 731 g/mol. The summed E-state index contributed by atoms with van der Waals surface area (Å²) in [6.45, 7) is 0. The average Bonchev–Trinajstić information content (AvgIpc) is 2.81. The van der Waals surface area contributed by atoms with Gasteiger partial charge >= 0.3 is 54.1 Å². The van der Waals surface area contributed by atoms with Gasteiger partial charge in [0.15, 0.2) is 0 Å². The zero-order valence-corrected chi connectivity index (χ0v) is 22.3. The minimum absolute atomic E-state index is 0.126. The predicted octanol–water partition coefficient (Wildman–Crippen LogP) is 9.23. The summed E-state index contributed by atoms with van der Waals surface area (Å²) in [6, 6.07) is -0.253. The van der Waals surface area contributed by atoms with E-state index in [0.29, 0.717) is 0 Å². The van der Waals surface area contributed by atoms with Crippen molar-refractivity contribution in [1.29, 1.82) is 0 Å². The number of halogens is 21. The van der Waals surface area contributed by atoms with E-state index in [1.807, 2.05) is 0 Å². The number of rotatable bonds is 13. The minimum atomic E-state index is -7.00. The van der Waals surface area contributed by atoms with Gasteiger partial charge in [0.05, 0.1) is 0 Å². The van der Waals surface area contributed by atoms with Crippen LogP contribution in [-0.2, 0) is 29.4 Å². The van der Waals surface area contributed by atoms with Gasteiger partial charge in [-0.3, -0.25) is 4.55 Å². The Morgan fingerprint density at radius 1 is 0.457 bits per heavy atom. The third kappa shape index (κ3) is 8.20. The lowest BCUT2D eigenvalue weighted by atomic mass is 9.92. The summed E-state index contributed by atoms with van der Waals surface area (Å²) in [5.74, 6) is -39.1. The Morgan fingerprint density at radius 2 is 0.696 bits per heavy atom. The van der Waals surface area contributed by atoms with E-state index in [4.69, 9.17) is 0 Å². The molecule has 1 rings (SSSR count). The molecule has 270 valence electrons. The van der Waals surface area contributed by atoms with Crippen molar-refractivity contribution in [2.24, 2.45) is 0 Å². The fourth-order valence-electron chi connectivity index (χ4n) is 3.65. The van der Waals surface area contributed by atoms with E-state index in [9.17, 15) is 105 Å². The highest BCUT2D eigenvalue weighted by Crippen LogP contribution is 2.51. The lowest BCUT2D eigenvalue weighted by Crippen LogP contribution is -2.52. The molecule has 0 aromatic heterocycles. The normalized spacial score (nSPS) is 15.4. The molecule has 25 heteroatoms. The molecule has 1 aromatic rings. The third-order valence-electron chi connectivity index (χ3n) is 6.15. The maximum Gasteiger partial charge on any atom is 0.459 e. The van der Waals surface area contributed by atoms with Crippen LogP contribution in [0, 0.1) is 0 Å². The van der Waals surface area contributed by atoms with Crippen LogP contribution in [0.4, 0.5) is 92.2 Å². The maximum absolute atomic E-state index is 13.8. The Kier molecular flexibility index (Phi) is 11.1. The zero-order chi connectivity index (χ0) is 37.0. The molecule has 0 saturated heterocycles. The number of hydrogen-bond donors (Lipinski definition) is 1. The van der Waals surface area contributed by atoms with E-state index >= 15 is 0 Å². The number of alkyl halides is 21. The lowest BCUT2D eigenvalue weighted by Gasteiger charge is -2.29. The van der Waals surface area contributed by atoms with E-state index in [-0.39, 0.29) is 12.1 Å². The Labute approximate surface area is 242 Å². The van der Waals surface area contributed by atoms with E-state index in [2.05, 4.69) is 0 Å². The molecule has 0 spiro atoms. The first-order valence-electron chi connectivity index (χ1n) is 11.5. The standard InChI is InChI=1S/C21H15F21O3S/c22-13(23,16(28,29)19(34,35)36)4-1-9-7-10(2-5-14(24,25)17(30,31)20(37,38)39)12(46(43,44)45)11(8-9)3-6-15(26,27)18(32,33)21(40,41)42/h7-8H,1-6H2,(H,43,44,45). The van der Waals surface area contributed by atoms with Gasteiger partial charge in [0.1, 0.15) is 4.90 Å². The van der Waals surface area contributed by atoms with Crippen molar-refractivity contribution in [3.63, 3.8) is 0 Å². The van der Waals surface area contributed by atoms with Crippen molar-refractivity contribution in [3.05, 3.63) is 28.8 Å². The molecule has 0 amide bonds. The Morgan fingerprint density at radius 3 is 0.913 bits per heavy atom. The zero-order valence-electron chi connectivity index (χ0n) is 21.5. The molecule has 0 aliphatic rings. The highest BCUT2D eigenvalue weighted by atomic mass is 32.2. The summed E-state index contributed by atoms with van der Waals surface area (Å²) in [5, 5.41) is 0. The summed E-state index contributed by atoms with van der Waals surface area (Å²) >= 11 is 0. The fourth-order valence-corrected chi connectivity index (χ4v) is 4.64. The van der Waals surface area contributed by atoms with Gasteiger partial charge < -0.3 is 0 Å². The second-order valence-electron chi connectivity index (χ2n) is 9.55. The summed E-state index contributed by atoms with van der Waals surface area (Å²) in [4.78, 5) is -2.08. The summed E-state index contributed by atoms with van der Waals surface area (Å²) in [7, 11) is -6.16. The average molecular weight is 746 g/mol. The number of benzene rings is 1. The van der Waals surface area contributed by atoms with Crippen molar-refractivity contribution < 1.29 is 105 Å². The van der Waals surface area contributed by atoms with Crippen LogP contribution < -0.4 is 0 Å². The van der Waals surface area contributed by atoms with Crippen LogP contribution in [0.5, 0.6) is 0 Å². The topological polar surface area (TPSA) is 54.4 Å². The molecule has 1 N–H and O–H groups in total. The van der Waals surface area contributed by atoms with Gasteiger partial charge in [-0.15, -0.1) is 0 Å². The number of hydrogen-bond acceptors (Lipinski definition) is 2. The molecule has 0 saturated carbocycles. The summed E-state index contributed by atoms with van der Waals surface area (Å²) < 4.78 is 308. The first kappa shape index (κ1) is 41.7. The molecule has 0 unspecified atom stereocenters. The third-order valence-corrected chi connectivity index (χ3v) is 7.19. The molecule has 46 heavy (non-hydrogen) atoms. The predicted molar refractivity (Wildman–Crippen MR) is 109 cm³/mol. The minimum Gasteiger partial charge on any atom is -0.282 e. The van der Waals surface area contributed by atoms with Crippen LogP contribution >= 0.6 is 0 Å². The quantitative estimate of drug-likeness (QED) is 0.162. The van der Waals surface area contributed by atoms with Crippen LogP contribution in [0.2, 0.25) is 0 Å². The second kappa shape index (κ2) is 12.3. The monoisotopic (exact) mass is 746 g/mol. The van der Waals surface area contributed by atoms with Crippen LogP contribution in [-0.4, -0.2) is 67.0 Å². The second-order valence-corrected chi connectivity index (χ2v) is 10.9. The molecule has 0 aliphatic heterocycles. The van der Waals surface area contributed by atoms with Crippen molar-refractivity contribution >= 4 is 10.1 Å². The highest BCUT2D eigenvalue weighted by molar-refractivity contribution is 7.86. The first-order valence-corrected chi connectivity index (χ1v) is 12.9. The Bertz CT molecular complexity index is 1280. The molecule has 3 nitrogen and oxygen atoms in total. The van der Waals surface area contributed by atoms with Gasteiger partial charge in [-0.05, 0) is 36.0 Å². The Hall–Kier alpha value is -2.34. The van der Waals surface area contributed by atoms with Gasteiger partial charge in [-0.2, -0.15) is 101 Å². The van der Waals surface area contributed by atoms with Gasteiger partial charge in [-0.25, -0.2) is 0 Å². The largest absolute Gasteiger partial charge is 0.459 e. The van der Waals surface area contributed by atoms with Gasteiger partial charge in [-0.1, -0.05) is 12.1 Å². The van der Waals surface area contributed by atoms with E-state index in [0.717, 1.165) is 0 Å². The van der Waals surface area contributed by atoms with E-state index in [1.165, 1.54) is 0 Å². The van der Waals surface area contributed by atoms with Gasteiger partial charge in [0, 0.05) is 19.3 Å². The van der Waals surface area contributed by atoms with Gasteiger partial charge in [0.2, 0.25) is 0 Å². The maximum atomic E-state index is 13.8. The molecule has 0 atom stereocenters. The van der Waals surface area contributed by atoms with E-state index in [1.54, 1.807) is 0 Å². The Balaban J connectivity index is 3.84. The van der Waals surface area contributed by atoms with Crippen molar-refractivity contribution in [1.82, 2.24) is 0 Å². The van der Waals surface area contributed by atoms with Crippen molar-refractivity contribution in [2.75, 3.05) is 0 Å². The summed E-state index contributed by atoms with van der Waals surface area (Å²) in [5.41, 5.74) is -4.75. The first-order chi connectivity index (χ1) is 19.9. The fraction of sp³-hybridized carbons (Fsp3) is 0.714. The van der Waals surface area contributed by atoms with Crippen molar-refractivity contribution in [3.8, 4) is 0 Å². The molecule has 0 fully saturated rings. The highest BCUT2D eigenvalue weighted by Gasteiger charge is 2.74. The van der Waals surface area contributed by atoms with E-state index < -0.39 is 124 Å². The van der Waals surface area contributed by atoms with Crippen LogP contribution in [0.25, 0.3) is 0 Å². The summed E-state index contributed by atoms with van der Waals surface area (Å²) in [6.07, 6.45) is -35.4. The molecule has 0 aliphatic carbocycles. The van der Waals surface area contributed by atoms with Gasteiger partial charge in [0.25, 0.3) is 10.1 Å². The molecule has 0 heterocycles. The van der Waals surface area contributed by atoms with Crippen LogP contribution in [0.3, 0.4) is 0 Å². The SMILES string of the molecule is O=S(=O)(O)c1c(CCC(F)(F)C(F)(F)C(F)(F)F)cc(CCC(F)(F)C(F)(F)C(F)(F)F)cc1CCC(F)(F)C(F)(F)C(F)(F)F. The van der Waals surface area contributed by atoms with Crippen LogP contribution in [0.15, 0.2) is 17.0 Å². The smallest absolute Gasteiger partial charge is 0.282 e. The lowest BCUT2D eigenvalue weighted by molar-refractivity contribution is -0.355. The molecule has 1 aromatic carbocycles. The molecule has 0 bridgehead atoms. The number of aryl methyl sites for hydroxylation is 3. The van der Waals surface area contributed by atoms with Crippen LogP contribution in [0.1, 0.15) is 36.0 Å². The molecule has 0 radical (unpaired) electrons. The molecular formula is C21H15F21O3S.